The Bertz CT molecular complexity index is 999. The van der Waals surface area contributed by atoms with Crippen LogP contribution in [0.15, 0.2) is 30.0 Å². The second-order valence-corrected chi connectivity index (χ2v) is 8.36. The maximum atomic E-state index is 13.3. The number of carbonyl (C=O) groups excluding carboxylic acids is 1. The fourth-order valence-electron chi connectivity index (χ4n) is 3.87. The average molecular weight is 428 g/mol. The van der Waals surface area contributed by atoms with Gasteiger partial charge in [-0.1, -0.05) is 30.7 Å². The van der Waals surface area contributed by atoms with Gasteiger partial charge in [0.2, 0.25) is 0 Å². The van der Waals surface area contributed by atoms with Gasteiger partial charge in [-0.25, -0.2) is 9.97 Å². The summed E-state index contributed by atoms with van der Waals surface area (Å²) in [5.74, 6) is 1.39. The normalized spacial score (nSPS) is 21.4. The van der Waals surface area contributed by atoms with Gasteiger partial charge in [0, 0.05) is 30.3 Å². The first kappa shape index (κ1) is 20.6. The first-order chi connectivity index (χ1) is 14.3. The van der Waals surface area contributed by atoms with Crippen molar-refractivity contribution in [3.05, 3.63) is 57.8 Å². The second-order valence-electron chi connectivity index (χ2n) is 7.99. The van der Waals surface area contributed by atoms with Gasteiger partial charge in [0.1, 0.15) is 11.9 Å². The Balaban J connectivity index is 1.55. The van der Waals surface area contributed by atoms with Gasteiger partial charge in [0.15, 0.2) is 5.82 Å². The van der Waals surface area contributed by atoms with Crippen molar-refractivity contribution in [3.63, 3.8) is 0 Å². The third-order valence-electron chi connectivity index (χ3n) is 5.68. The van der Waals surface area contributed by atoms with E-state index in [-0.39, 0.29) is 12.0 Å². The van der Waals surface area contributed by atoms with Crippen LogP contribution in [-0.2, 0) is 0 Å². The summed E-state index contributed by atoms with van der Waals surface area (Å²) in [7, 11) is 0. The molecule has 2 atom stereocenters. The van der Waals surface area contributed by atoms with Crippen molar-refractivity contribution >= 4 is 23.1 Å². The predicted octanol–water partition coefficient (Wildman–Crippen LogP) is 2.56. The molecule has 2 aliphatic rings. The number of amides is 1. The van der Waals surface area contributed by atoms with Crippen molar-refractivity contribution < 1.29 is 9.53 Å². The van der Waals surface area contributed by atoms with E-state index < -0.39 is 0 Å². The van der Waals surface area contributed by atoms with Crippen molar-refractivity contribution in [1.29, 1.82) is 0 Å². The van der Waals surface area contributed by atoms with E-state index in [1.165, 1.54) is 0 Å². The van der Waals surface area contributed by atoms with E-state index in [1.54, 1.807) is 11.0 Å². The van der Waals surface area contributed by atoms with E-state index in [4.69, 9.17) is 22.1 Å². The number of nitrogens with one attached hydrogen (secondary N) is 1. The van der Waals surface area contributed by atoms with Crippen LogP contribution in [0.5, 0.6) is 5.75 Å². The SMILES string of the molecule is Cc1nc(C2=C(N)CN(C(=O)c3ccccc3OC3CNC[C@@H]3C)C2)nc(C)c1Cl. The number of ether oxygens (including phenoxy) is 1. The number of para-hydroxylation sites is 1. The van der Waals surface area contributed by atoms with Gasteiger partial charge in [-0.05, 0) is 26.0 Å². The molecule has 158 valence electrons. The fourth-order valence-corrected chi connectivity index (χ4v) is 3.95. The average Bonchev–Trinajstić information content (AvgIpc) is 3.31. The van der Waals surface area contributed by atoms with Crippen LogP contribution < -0.4 is 15.8 Å². The monoisotopic (exact) mass is 427 g/mol. The molecular weight excluding hydrogens is 402 g/mol. The number of halogens is 1. The number of aryl methyl sites for hydroxylation is 2. The minimum absolute atomic E-state index is 0.0460. The molecule has 3 heterocycles. The molecule has 4 rings (SSSR count). The van der Waals surface area contributed by atoms with E-state index in [9.17, 15) is 4.79 Å². The summed E-state index contributed by atoms with van der Waals surface area (Å²) in [4.78, 5) is 24.0. The molecule has 0 bridgehead atoms. The number of hydrogen-bond acceptors (Lipinski definition) is 6. The van der Waals surface area contributed by atoms with Crippen LogP contribution in [-0.4, -0.2) is 53.1 Å². The number of nitrogens with two attached hydrogens (primary N) is 1. The highest BCUT2D eigenvalue weighted by atomic mass is 35.5. The van der Waals surface area contributed by atoms with Gasteiger partial charge in [0.25, 0.3) is 5.91 Å². The number of aromatic nitrogens is 2. The lowest BCUT2D eigenvalue weighted by Crippen LogP contribution is -2.31. The number of benzene rings is 1. The molecule has 2 aliphatic heterocycles. The van der Waals surface area contributed by atoms with Gasteiger partial charge in [0.05, 0.1) is 35.1 Å². The Morgan fingerprint density at radius 3 is 2.57 bits per heavy atom. The van der Waals surface area contributed by atoms with E-state index in [2.05, 4.69) is 22.2 Å². The molecule has 0 radical (unpaired) electrons. The van der Waals surface area contributed by atoms with Crippen LogP contribution in [0.2, 0.25) is 5.02 Å². The van der Waals surface area contributed by atoms with Crippen LogP contribution >= 0.6 is 11.6 Å². The highest BCUT2D eigenvalue weighted by Gasteiger charge is 2.31. The first-order valence-electron chi connectivity index (χ1n) is 10.1. The summed E-state index contributed by atoms with van der Waals surface area (Å²) in [5.41, 5.74) is 9.56. The largest absolute Gasteiger partial charge is 0.488 e. The van der Waals surface area contributed by atoms with E-state index in [0.29, 0.717) is 58.3 Å². The third-order valence-corrected chi connectivity index (χ3v) is 6.23. The van der Waals surface area contributed by atoms with Gasteiger partial charge in [-0.3, -0.25) is 4.79 Å². The molecule has 0 aliphatic carbocycles. The number of hydrogen-bond donors (Lipinski definition) is 2. The Labute approximate surface area is 181 Å². The van der Waals surface area contributed by atoms with Crippen LogP contribution in [0.4, 0.5) is 0 Å². The topological polar surface area (TPSA) is 93.4 Å². The zero-order valence-corrected chi connectivity index (χ0v) is 18.2. The molecule has 1 fully saturated rings. The molecule has 1 saturated heterocycles. The van der Waals surface area contributed by atoms with E-state index in [1.807, 2.05) is 32.0 Å². The van der Waals surface area contributed by atoms with Crippen LogP contribution in [0, 0.1) is 19.8 Å². The van der Waals surface area contributed by atoms with Gasteiger partial charge >= 0.3 is 0 Å². The zero-order chi connectivity index (χ0) is 21.4. The molecule has 1 aromatic heterocycles. The summed E-state index contributed by atoms with van der Waals surface area (Å²) in [5, 5.41) is 3.87. The van der Waals surface area contributed by atoms with Crippen molar-refractivity contribution in [2.24, 2.45) is 11.7 Å². The van der Waals surface area contributed by atoms with Crippen molar-refractivity contribution in [2.75, 3.05) is 26.2 Å². The highest BCUT2D eigenvalue weighted by Crippen LogP contribution is 2.29. The molecular formula is C22H26ClN5O2. The molecule has 7 nitrogen and oxygen atoms in total. The van der Waals surface area contributed by atoms with Crippen LogP contribution in [0.1, 0.15) is 34.5 Å². The second kappa shape index (κ2) is 8.24. The quantitative estimate of drug-likeness (QED) is 0.778. The van der Waals surface area contributed by atoms with Crippen LogP contribution in [0.3, 0.4) is 0 Å². The molecule has 0 spiro atoms. The lowest BCUT2D eigenvalue weighted by molar-refractivity contribution is 0.0790. The smallest absolute Gasteiger partial charge is 0.258 e. The molecule has 2 aromatic rings. The van der Waals surface area contributed by atoms with Gasteiger partial charge < -0.3 is 20.7 Å². The van der Waals surface area contributed by atoms with Crippen molar-refractivity contribution in [2.45, 2.75) is 26.9 Å². The van der Waals surface area contributed by atoms with Crippen molar-refractivity contribution in [3.8, 4) is 5.75 Å². The number of carbonyl (C=O) groups is 1. The maximum Gasteiger partial charge on any atom is 0.258 e. The molecule has 3 N–H and O–H groups in total. The predicted molar refractivity (Wildman–Crippen MR) is 116 cm³/mol. The summed E-state index contributed by atoms with van der Waals surface area (Å²) >= 11 is 6.19. The van der Waals surface area contributed by atoms with Crippen LogP contribution in [0.25, 0.3) is 5.57 Å². The fraction of sp³-hybridized carbons (Fsp3) is 0.409. The highest BCUT2D eigenvalue weighted by molar-refractivity contribution is 6.31. The molecule has 1 amide bonds. The van der Waals surface area contributed by atoms with E-state index >= 15 is 0 Å². The van der Waals surface area contributed by atoms with E-state index in [0.717, 1.165) is 18.7 Å². The summed E-state index contributed by atoms with van der Waals surface area (Å²) < 4.78 is 6.19. The lowest BCUT2D eigenvalue weighted by atomic mass is 10.1. The Hall–Kier alpha value is -2.64. The maximum absolute atomic E-state index is 13.3. The minimum atomic E-state index is -0.121. The molecule has 1 aromatic carbocycles. The zero-order valence-electron chi connectivity index (χ0n) is 17.4. The summed E-state index contributed by atoms with van der Waals surface area (Å²) in [6, 6.07) is 7.38. The molecule has 8 heteroatoms. The minimum Gasteiger partial charge on any atom is -0.488 e. The first-order valence-corrected chi connectivity index (χ1v) is 10.5. The third kappa shape index (κ3) is 3.87. The number of nitrogens with zero attached hydrogens (tertiary/aromatic N) is 3. The molecule has 0 saturated carbocycles. The standard InChI is InChI=1S/C22H26ClN5O2/c1-12-8-25-9-19(12)30-18-7-5-4-6-15(18)22(29)28-10-16(17(24)11-28)21-26-13(2)20(23)14(3)27-21/h4-7,12,19,25H,8-11,24H2,1-3H3/t12-,19?/m0/s1. The Morgan fingerprint density at radius 1 is 1.20 bits per heavy atom. The molecule has 30 heavy (non-hydrogen) atoms. The summed E-state index contributed by atoms with van der Waals surface area (Å²) in [6.45, 7) is 8.18. The van der Waals surface area contributed by atoms with Gasteiger partial charge in [-0.15, -0.1) is 0 Å². The molecule has 1 unspecified atom stereocenters. The Morgan fingerprint density at radius 2 is 1.90 bits per heavy atom. The van der Waals surface area contributed by atoms with Crippen molar-refractivity contribution in [1.82, 2.24) is 20.2 Å². The lowest BCUT2D eigenvalue weighted by Gasteiger charge is -2.22. The van der Waals surface area contributed by atoms with Gasteiger partial charge in [-0.2, -0.15) is 0 Å². The Kier molecular flexibility index (Phi) is 5.66. The number of rotatable bonds is 4. The summed E-state index contributed by atoms with van der Waals surface area (Å²) in [6.07, 6.45) is 0.0460.